The minimum atomic E-state index is -0.783. The maximum absolute atomic E-state index is 12.8. The minimum Gasteiger partial charge on any atom is -0.462 e. The van der Waals surface area contributed by atoms with Crippen molar-refractivity contribution in [3.05, 3.63) is 72.9 Å². The summed E-state index contributed by atoms with van der Waals surface area (Å²) in [6, 6.07) is 0. The minimum absolute atomic E-state index is 0.0804. The summed E-state index contributed by atoms with van der Waals surface area (Å²) >= 11 is 0. The van der Waals surface area contributed by atoms with Gasteiger partial charge < -0.3 is 14.2 Å². The van der Waals surface area contributed by atoms with Crippen LogP contribution in [0.4, 0.5) is 0 Å². The van der Waals surface area contributed by atoms with E-state index in [-0.39, 0.29) is 31.1 Å². The van der Waals surface area contributed by atoms with Crippen molar-refractivity contribution in [2.24, 2.45) is 0 Å². The Bertz CT molecular complexity index is 1320. The van der Waals surface area contributed by atoms with Crippen molar-refractivity contribution in [3.8, 4) is 0 Å². The standard InChI is InChI=1S/C65H114O6/c1-4-7-10-13-16-19-22-24-26-27-28-29-30-31-32-33-34-35-36-37-39-40-43-46-49-52-55-58-64(67)70-61-62(60-69-63(66)57-54-51-48-45-42-21-18-15-12-9-6-3)71-65(68)59-56-53-50-47-44-41-38-25-23-20-17-14-11-8-5-2/h8,11,17,20,22,24-25,27-28,30-31,38,62H,4-7,9-10,12-16,18-19,21,23,26,29,32-37,39-61H2,1-3H3/b11-8-,20-17-,24-22-,28-27-,31-30-,38-25-. The quantitative estimate of drug-likeness (QED) is 0.0261. The molecule has 410 valence electrons. The van der Waals surface area contributed by atoms with Crippen molar-refractivity contribution in [2.75, 3.05) is 13.2 Å². The zero-order chi connectivity index (χ0) is 51.4. The van der Waals surface area contributed by atoms with Crippen LogP contribution < -0.4 is 0 Å². The fourth-order valence-corrected chi connectivity index (χ4v) is 8.64. The van der Waals surface area contributed by atoms with Crippen LogP contribution in [-0.4, -0.2) is 37.2 Å². The molecule has 0 aromatic heterocycles. The highest BCUT2D eigenvalue weighted by Crippen LogP contribution is 2.16. The van der Waals surface area contributed by atoms with Gasteiger partial charge in [0.1, 0.15) is 13.2 Å². The largest absolute Gasteiger partial charge is 0.462 e. The lowest BCUT2D eigenvalue weighted by Crippen LogP contribution is -2.30. The molecule has 0 heterocycles. The molecule has 0 aliphatic carbocycles. The number of carbonyl (C=O) groups is 3. The molecule has 0 amide bonds. The highest BCUT2D eigenvalue weighted by molar-refractivity contribution is 5.71. The lowest BCUT2D eigenvalue weighted by molar-refractivity contribution is -0.167. The van der Waals surface area contributed by atoms with E-state index in [4.69, 9.17) is 14.2 Å². The average Bonchev–Trinajstić information content (AvgIpc) is 3.37. The average molecular weight is 992 g/mol. The third-order valence-electron chi connectivity index (χ3n) is 13.2. The number of esters is 3. The second-order valence-electron chi connectivity index (χ2n) is 20.2. The molecule has 0 bridgehead atoms. The summed E-state index contributed by atoms with van der Waals surface area (Å²) < 4.78 is 16.9. The van der Waals surface area contributed by atoms with Crippen LogP contribution in [-0.2, 0) is 28.6 Å². The lowest BCUT2D eigenvalue weighted by atomic mass is 10.0. The Kier molecular flexibility index (Phi) is 56.8. The van der Waals surface area contributed by atoms with E-state index in [1.165, 1.54) is 154 Å². The molecule has 0 aromatic rings. The van der Waals surface area contributed by atoms with Crippen LogP contribution in [0.15, 0.2) is 72.9 Å². The predicted octanol–water partition coefficient (Wildman–Crippen LogP) is 20.5. The molecule has 0 N–H and O–H groups in total. The highest BCUT2D eigenvalue weighted by atomic mass is 16.6. The molecule has 6 heteroatoms. The molecule has 1 unspecified atom stereocenters. The Hall–Kier alpha value is -3.15. The van der Waals surface area contributed by atoms with E-state index in [0.717, 1.165) is 109 Å². The van der Waals surface area contributed by atoms with Gasteiger partial charge in [0.15, 0.2) is 6.10 Å². The van der Waals surface area contributed by atoms with E-state index >= 15 is 0 Å². The zero-order valence-electron chi connectivity index (χ0n) is 47.0. The normalized spacial score (nSPS) is 12.5. The SMILES string of the molecule is CC/C=C\C/C=C\C/C=C\CCCCCCCC(=O)OC(COC(=O)CCCCCCCCCCCCC)COC(=O)CCCCCCCCCCCCCC/C=C\C/C=C\C/C=C\CCCCCCC. The molecule has 1 atom stereocenters. The van der Waals surface area contributed by atoms with Crippen molar-refractivity contribution in [1.29, 1.82) is 0 Å². The zero-order valence-corrected chi connectivity index (χ0v) is 47.0. The summed E-state index contributed by atoms with van der Waals surface area (Å²) in [5.41, 5.74) is 0. The van der Waals surface area contributed by atoms with Crippen molar-refractivity contribution in [3.63, 3.8) is 0 Å². The van der Waals surface area contributed by atoms with E-state index in [0.29, 0.717) is 19.3 Å². The maximum Gasteiger partial charge on any atom is 0.306 e. The molecule has 71 heavy (non-hydrogen) atoms. The summed E-state index contributed by atoms with van der Waals surface area (Å²) in [5, 5.41) is 0. The number of hydrogen-bond donors (Lipinski definition) is 0. The summed E-state index contributed by atoms with van der Waals surface area (Å²) in [5.74, 6) is -0.890. The molecule has 0 aromatic carbocycles. The van der Waals surface area contributed by atoms with Gasteiger partial charge in [-0.15, -0.1) is 0 Å². The second kappa shape index (κ2) is 59.4. The molecule has 0 rings (SSSR count). The van der Waals surface area contributed by atoms with Gasteiger partial charge >= 0.3 is 17.9 Å². The van der Waals surface area contributed by atoms with Crippen LogP contribution in [0.3, 0.4) is 0 Å². The first kappa shape index (κ1) is 67.8. The Labute approximate surface area is 440 Å². The summed E-state index contributed by atoms with van der Waals surface area (Å²) in [6.45, 7) is 6.52. The summed E-state index contributed by atoms with van der Waals surface area (Å²) in [4.78, 5) is 38.1. The fraction of sp³-hybridized carbons (Fsp3) is 0.769. The summed E-state index contributed by atoms with van der Waals surface area (Å²) in [6.07, 6.45) is 76.2. The smallest absolute Gasteiger partial charge is 0.306 e. The number of rotatable bonds is 55. The fourth-order valence-electron chi connectivity index (χ4n) is 8.64. The maximum atomic E-state index is 12.8. The topological polar surface area (TPSA) is 78.9 Å². The van der Waals surface area contributed by atoms with Crippen molar-refractivity contribution < 1.29 is 28.6 Å². The van der Waals surface area contributed by atoms with Gasteiger partial charge in [-0.2, -0.15) is 0 Å². The van der Waals surface area contributed by atoms with E-state index in [1.807, 2.05) is 0 Å². The molecule has 0 fully saturated rings. The first-order valence-electron chi connectivity index (χ1n) is 30.4. The molecule has 0 saturated heterocycles. The van der Waals surface area contributed by atoms with E-state index in [2.05, 4.69) is 93.7 Å². The van der Waals surface area contributed by atoms with E-state index in [9.17, 15) is 14.4 Å². The number of unbranched alkanes of at least 4 members (excludes halogenated alkanes) is 32. The van der Waals surface area contributed by atoms with Gasteiger partial charge in [0, 0.05) is 19.3 Å². The number of carbonyl (C=O) groups excluding carboxylic acids is 3. The van der Waals surface area contributed by atoms with Gasteiger partial charge in [0.2, 0.25) is 0 Å². The monoisotopic (exact) mass is 991 g/mol. The Balaban J connectivity index is 4.23. The Morgan fingerprint density at radius 1 is 0.296 bits per heavy atom. The van der Waals surface area contributed by atoms with Crippen LogP contribution in [0.2, 0.25) is 0 Å². The van der Waals surface area contributed by atoms with Crippen LogP contribution in [0.5, 0.6) is 0 Å². The van der Waals surface area contributed by atoms with E-state index in [1.54, 1.807) is 0 Å². The molecule has 0 radical (unpaired) electrons. The van der Waals surface area contributed by atoms with Crippen LogP contribution in [0.1, 0.15) is 303 Å². The van der Waals surface area contributed by atoms with Gasteiger partial charge in [-0.25, -0.2) is 0 Å². The molecule has 0 spiro atoms. The highest BCUT2D eigenvalue weighted by Gasteiger charge is 2.19. The number of ether oxygens (including phenoxy) is 3. The first-order valence-corrected chi connectivity index (χ1v) is 30.4. The van der Waals surface area contributed by atoms with Gasteiger partial charge in [-0.1, -0.05) is 267 Å². The van der Waals surface area contributed by atoms with Crippen LogP contribution >= 0.6 is 0 Å². The molecule has 0 aliphatic rings. The van der Waals surface area contributed by atoms with Gasteiger partial charge in [-0.05, 0) is 89.9 Å². The predicted molar refractivity (Wildman–Crippen MR) is 307 cm³/mol. The number of allylic oxidation sites excluding steroid dienone is 12. The van der Waals surface area contributed by atoms with E-state index < -0.39 is 6.10 Å². The molecular weight excluding hydrogens is 877 g/mol. The molecule has 0 aliphatic heterocycles. The van der Waals surface area contributed by atoms with Crippen LogP contribution in [0.25, 0.3) is 0 Å². The third kappa shape index (κ3) is 57.6. The second-order valence-corrected chi connectivity index (χ2v) is 20.2. The first-order chi connectivity index (χ1) is 35.0. The lowest BCUT2D eigenvalue weighted by Gasteiger charge is -2.18. The Morgan fingerprint density at radius 2 is 0.549 bits per heavy atom. The van der Waals surface area contributed by atoms with Gasteiger partial charge in [-0.3, -0.25) is 14.4 Å². The Morgan fingerprint density at radius 3 is 0.859 bits per heavy atom. The third-order valence-corrected chi connectivity index (χ3v) is 13.2. The van der Waals surface area contributed by atoms with Gasteiger partial charge in [0.05, 0.1) is 0 Å². The molecule has 6 nitrogen and oxygen atoms in total. The summed E-state index contributed by atoms with van der Waals surface area (Å²) in [7, 11) is 0. The van der Waals surface area contributed by atoms with Crippen molar-refractivity contribution in [1.82, 2.24) is 0 Å². The number of hydrogen-bond acceptors (Lipinski definition) is 6. The van der Waals surface area contributed by atoms with Crippen molar-refractivity contribution >= 4 is 17.9 Å². The van der Waals surface area contributed by atoms with Gasteiger partial charge in [0.25, 0.3) is 0 Å². The molecule has 0 saturated carbocycles. The molecular formula is C65H114O6. The van der Waals surface area contributed by atoms with Crippen LogP contribution in [0, 0.1) is 0 Å². The van der Waals surface area contributed by atoms with Crippen molar-refractivity contribution in [2.45, 2.75) is 309 Å².